The van der Waals surface area contributed by atoms with Crippen LogP contribution in [0.2, 0.25) is 0 Å². The van der Waals surface area contributed by atoms with Gasteiger partial charge in [0.05, 0.1) is 43.8 Å². The highest BCUT2D eigenvalue weighted by molar-refractivity contribution is 5.71. The molecule has 0 aliphatic heterocycles. The molecule has 1 aromatic carbocycles. The Morgan fingerprint density at radius 2 is 1.90 bits per heavy atom. The van der Waals surface area contributed by atoms with Gasteiger partial charge in [0.2, 0.25) is 0 Å². The lowest BCUT2D eigenvalue weighted by Crippen LogP contribution is -2.18. The first-order valence-corrected chi connectivity index (χ1v) is 6.26. The summed E-state index contributed by atoms with van der Waals surface area (Å²) in [5, 5.41) is 11.1. The van der Waals surface area contributed by atoms with Crippen molar-refractivity contribution in [2.45, 2.75) is 19.4 Å². The number of nitrogens with two attached hydrogens (primary N) is 1. The smallest absolute Gasteiger partial charge is 0.307 e. The predicted octanol–water partition coefficient (Wildman–Crippen LogP) is 1.57. The molecule has 1 aromatic rings. The van der Waals surface area contributed by atoms with Gasteiger partial charge < -0.3 is 19.9 Å². The van der Waals surface area contributed by atoms with Gasteiger partial charge in [-0.3, -0.25) is 14.9 Å². The fourth-order valence-electron chi connectivity index (χ4n) is 1.85. The van der Waals surface area contributed by atoms with Crippen LogP contribution in [-0.2, 0) is 9.53 Å². The van der Waals surface area contributed by atoms with E-state index in [2.05, 4.69) is 0 Å². The number of hydrogen-bond donors (Lipinski definition) is 1. The van der Waals surface area contributed by atoms with Crippen molar-refractivity contribution in [2.75, 3.05) is 20.8 Å². The molecular weight excluding hydrogens is 280 g/mol. The maximum Gasteiger partial charge on any atom is 0.307 e. The first kappa shape index (κ1) is 16.7. The number of nitro benzene ring substituents is 1. The van der Waals surface area contributed by atoms with Crippen LogP contribution >= 0.6 is 0 Å². The average molecular weight is 298 g/mol. The average Bonchev–Trinajstić information content (AvgIpc) is 2.45. The Balaban J connectivity index is 3.19. The Bertz CT molecular complexity index is 532. The molecule has 0 aromatic heterocycles. The summed E-state index contributed by atoms with van der Waals surface area (Å²) in [4.78, 5) is 22.0. The van der Waals surface area contributed by atoms with Crippen LogP contribution in [0, 0.1) is 10.1 Å². The van der Waals surface area contributed by atoms with E-state index in [0.29, 0.717) is 5.75 Å². The van der Waals surface area contributed by atoms with E-state index >= 15 is 0 Å². The number of nitro groups is 1. The molecule has 0 saturated carbocycles. The number of rotatable bonds is 7. The largest absolute Gasteiger partial charge is 0.493 e. The Morgan fingerprint density at radius 1 is 1.33 bits per heavy atom. The molecule has 116 valence electrons. The Hall–Kier alpha value is -2.35. The van der Waals surface area contributed by atoms with Gasteiger partial charge in [-0.15, -0.1) is 0 Å². The molecule has 21 heavy (non-hydrogen) atoms. The SMILES string of the molecule is CCOC(=O)CC(N)c1cc(OC)c(OC)cc1[N+](=O)[O-]. The quantitative estimate of drug-likeness (QED) is 0.461. The topological polar surface area (TPSA) is 114 Å². The number of nitrogens with zero attached hydrogens (tertiary/aromatic N) is 1. The summed E-state index contributed by atoms with van der Waals surface area (Å²) >= 11 is 0. The van der Waals surface area contributed by atoms with Crippen molar-refractivity contribution in [1.82, 2.24) is 0 Å². The second-order valence-electron chi connectivity index (χ2n) is 4.14. The summed E-state index contributed by atoms with van der Waals surface area (Å²) in [6.07, 6.45) is -0.163. The van der Waals surface area contributed by atoms with Gasteiger partial charge in [-0.1, -0.05) is 0 Å². The van der Waals surface area contributed by atoms with Gasteiger partial charge in [-0.25, -0.2) is 0 Å². The van der Waals surface area contributed by atoms with Crippen LogP contribution in [0.4, 0.5) is 5.69 Å². The number of ether oxygens (including phenoxy) is 3. The van der Waals surface area contributed by atoms with Crippen molar-refractivity contribution in [2.24, 2.45) is 5.73 Å². The van der Waals surface area contributed by atoms with Gasteiger partial charge in [-0.2, -0.15) is 0 Å². The summed E-state index contributed by atoms with van der Waals surface area (Å²) in [7, 11) is 2.78. The Kier molecular flexibility index (Phi) is 5.92. The van der Waals surface area contributed by atoms with Crippen molar-refractivity contribution >= 4 is 11.7 Å². The summed E-state index contributed by atoms with van der Waals surface area (Å²) in [6, 6.07) is 1.75. The minimum absolute atomic E-state index is 0.163. The predicted molar refractivity (Wildman–Crippen MR) is 74.4 cm³/mol. The molecule has 0 spiro atoms. The fourth-order valence-corrected chi connectivity index (χ4v) is 1.85. The molecule has 0 saturated heterocycles. The Morgan fingerprint density at radius 3 is 2.38 bits per heavy atom. The lowest BCUT2D eigenvalue weighted by molar-refractivity contribution is -0.385. The molecule has 8 heteroatoms. The van der Waals surface area contributed by atoms with Crippen molar-refractivity contribution < 1.29 is 23.9 Å². The highest BCUT2D eigenvalue weighted by Crippen LogP contribution is 2.37. The fraction of sp³-hybridized carbons (Fsp3) is 0.462. The van der Waals surface area contributed by atoms with Crippen LogP contribution < -0.4 is 15.2 Å². The zero-order valence-electron chi connectivity index (χ0n) is 12.1. The molecule has 1 unspecified atom stereocenters. The van der Waals surface area contributed by atoms with Gasteiger partial charge >= 0.3 is 5.97 Å². The van der Waals surface area contributed by atoms with E-state index < -0.39 is 16.9 Å². The second kappa shape index (κ2) is 7.44. The number of carbonyl (C=O) groups excluding carboxylic acids is 1. The molecule has 1 atom stereocenters. The molecule has 2 N–H and O–H groups in total. The van der Waals surface area contributed by atoms with Crippen molar-refractivity contribution in [3.8, 4) is 11.5 Å². The first-order chi connectivity index (χ1) is 9.94. The lowest BCUT2D eigenvalue weighted by Gasteiger charge is -2.15. The van der Waals surface area contributed by atoms with Gasteiger partial charge in [0.15, 0.2) is 11.5 Å². The summed E-state index contributed by atoms with van der Waals surface area (Å²) in [6.45, 7) is 1.89. The van der Waals surface area contributed by atoms with E-state index in [1.807, 2.05) is 0 Å². The summed E-state index contributed by atoms with van der Waals surface area (Å²) in [5.74, 6) is 0.00257. The highest BCUT2D eigenvalue weighted by atomic mass is 16.6. The number of methoxy groups -OCH3 is 2. The van der Waals surface area contributed by atoms with Crippen LogP contribution in [0.15, 0.2) is 12.1 Å². The van der Waals surface area contributed by atoms with E-state index in [1.54, 1.807) is 6.92 Å². The third-order valence-electron chi connectivity index (χ3n) is 2.82. The van der Waals surface area contributed by atoms with E-state index in [1.165, 1.54) is 26.4 Å². The van der Waals surface area contributed by atoms with Crippen molar-refractivity contribution in [3.63, 3.8) is 0 Å². The third-order valence-corrected chi connectivity index (χ3v) is 2.82. The lowest BCUT2D eigenvalue weighted by atomic mass is 10.0. The molecule has 0 heterocycles. The van der Waals surface area contributed by atoms with Crippen LogP contribution in [0.5, 0.6) is 11.5 Å². The molecule has 0 fully saturated rings. The van der Waals surface area contributed by atoms with E-state index in [-0.39, 0.29) is 30.0 Å². The number of esters is 1. The van der Waals surface area contributed by atoms with Crippen molar-refractivity contribution in [3.05, 3.63) is 27.8 Å². The zero-order chi connectivity index (χ0) is 16.0. The summed E-state index contributed by atoms with van der Waals surface area (Å²) < 4.78 is 14.9. The molecule has 0 radical (unpaired) electrons. The zero-order valence-corrected chi connectivity index (χ0v) is 12.1. The highest BCUT2D eigenvalue weighted by Gasteiger charge is 2.25. The van der Waals surface area contributed by atoms with E-state index in [9.17, 15) is 14.9 Å². The standard InChI is InChI=1S/C13H18N2O6/c1-4-21-13(16)6-9(14)8-5-11(19-2)12(20-3)7-10(8)15(17)18/h5,7,9H,4,6,14H2,1-3H3. The third kappa shape index (κ3) is 4.06. The maximum absolute atomic E-state index is 11.5. The summed E-state index contributed by atoms with van der Waals surface area (Å²) in [5.41, 5.74) is 5.83. The van der Waals surface area contributed by atoms with Crippen molar-refractivity contribution in [1.29, 1.82) is 0 Å². The van der Waals surface area contributed by atoms with Crippen LogP contribution in [0.3, 0.4) is 0 Å². The number of hydrogen-bond acceptors (Lipinski definition) is 7. The molecule has 1 rings (SSSR count). The van der Waals surface area contributed by atoms with Gasteiger partial charge in [0.25, 0.3) is 5.69 Å². The van der Waals surface area contributed by atoms with Gasteiger partial charge in [-0.05, 0) is 13.0 Å². The van der Waals surface area contributed by atoms with Gasteiger partial charge in [0, 0.05) is 6.04 Å². The minimum Gasteiger partial charge on any atom is -0.493 e. The monoisotopic (exact) mass is 298 g/mol. The molecular formula is C13H18N2O6. The second-order valence-corrected chi connectivity index (χ2v) is 4.14. The van der Waals surface area contributed by atoms with Crippen LogP contribution in [0.1, 0.15) is 24.9 Å². The number of carbonyl (C=O) groups is 1. The maximum atomic E-state index is 11.5. The number of benzene rings is 1. The van der Waals surface area contributed by atoms with E-state index in [4.69, 9.17) is 19.9 Å². The van der Waals surface area contributed by atoms with Crippen LogP contribution in [-0.4, -0.2) is 31.7 Å². The molecule has 0 aliphatic carbocycles. The van der Waals surface area contributed by atoms with E-state index in [0.717, 1.165) is 0 Å². The first-order valence-electron chi connectivity index (χ1n) is 6.26. The minimum atomic E-state index is -0.871. The molecule has 0 bridgehead atoms. The van der Waals surface area contributed by atoms with Gasteiger partial charge in [0.1, 0.15) is 0 Å². The van der Waals surface area contributed by atoms with Crippen LogP contribution in [0.25, 0.3) is 0 Å². The Labute approximate surface area is 121 Å². The molecule has 0 aliphatic rings. The molecule has 8 nitrogen and oxygen atoms in total. The normalized spacial score (nSPS) is 11.6. The molecule has 0 amide bonds.